The quantitative estimate of drug-likeness (QED) is 0.634. The van der Waals surface area contributed by atoms with Gasteiger partial charge in [-0.25, -0.2) is 0 Å². The highest BCUT2D eigenvalue weighted by Crippen LogP contribution is 2.77. The molecule has 1 heterocycles. The average Bonchev–Trinajstić information content (AvgIpc) is 2.80. The van der Waals surface area contributed by atoms with Crippen LogP contribution in [-0.4, -0.2) is 17.4 Å². The topological polar surface area (TPSA) is 35.5 Å². The number of fused-ring (bicyclic) bond motifs is 1. The Morgan fingerprint density at radius 2 is 1.85 bits per heavy atom. The molecule has 1 saturated heterocycles. The van der Waals surface area contributed by atoms with E-state index in [0.717, 1.165) is 6.42 Å². The van der Waals surface area contributed by atoms with Gasteiger partial charge in [0.2, 0.25) is 5.79 Å². The van der Waals surface area contributed by atoms with Crippen LogP contribution in [0.15, 0.2) is 0 Å². The molecule has 3 aliphatic carbocycles. The van der Waals surface area contributed by atoms with Crippen molar-refractivity contribution in [2.45, 2.75) is 77.6 Å². The molecule has 0 aromatic carbocycles. The van der Waals surface area contributed by atoms with Crippen molar-refractivity contribution >= 4 is 5.97 Å². The van der Waals surface area contributed by atoms with E-state index in [1.807, 2.05) is 6.92 Å². The highest BCUT2D eigenvalue weighted by Gasteiger charge is 2.81. The van der Waals surface area contributed by atoms with Gasteiger partial charge in [0.05, 0.1) is 11.5 Å². The van der Waals surface area contributed by atoms with E-state index >= 15 is 0 Å². The second-order valence-electron chi connectivity index (χ2n) is 8.59. The minimum absolute atomic E-state index is 0.0121. The van der Waals surface area contributed by atoms with Crippen LogP contribution in [0.5, 0.6) is 0 Å². The third kappa shape index (κ3) is 1.17. The number of rotatable bonds is 0. The number of carbonyl (C=O) groups is 1. The molecule has 1 aliphatic heterocycles. The van der Waals surface area contributed by atoms with Crippen molar-refractivity contribution in [2.24, 2.45) is 22.7 Å². The Labute approximate surface area is 121 Å². The van der Waals surface area contributed by atoms with Gasteiger partial charge in [0, 0.05) is 17.8 Å². The van der Waals surface area contributed by atoms with Gasteiger partial charge in [0.15, 0.2) is 0 Å². The number of carbonyl (C=O) groups excluding carboxylic acids is 1. The Morgan fingerprint density at radius 3 is 2.55 bits per heavy atom. The van der Waals surface area contributed by atoms with Crippen LogP contribution in [0.2, 0.25) is 0 Å². The zero-order valence-corrected chi connectivity index (χ0v) is 13.1. The summed E-state index contributed by atoms with van der Waals surface area (Å²) >= 11 is 0. The van der Waals surface area contributed by atoms with Gasteiger partial charge in [-0.1, -0.05) is 27.2 Å². The van der Waals surface area contributed by atoms with E-state index in [9.17, 15) is 4.79 Å². The van der Waals surface area contributed by atoms with Gasteiger partial charge in [-0.05, 0) is 38.0 Å². The van der Waals surface area contributed by atoms with Crippen LogP contribution in [0.25, 0.3) is 0 Å². The Bertz CT molecular complexity index is 475. The summed E-state index contributed by atoms with van der Waals surface area (Å²) in [4.78, 5) is 12.7. The fourth-order valence-electron chi connectivity index (χ4n) is 5.74. The lowest BCUT2D eigenvalue weighted by Gasteiger charge is -2.68. The largest absolute Gasteiger partial charge is 0.432 e. The molecule has 3 heteroatoms. The molecule has 0 aromatic rings. The molecule has 4 aliphatic rings. The molecule has 0 radical (unpaired) electrons. The molecule has 4 rings (SSSR count). The molecule has 0 aromatic heterocycles. The lowest BCUT2D eigenvalue weighted by Crippen LogP contribution is -2.76. The lowest BCUT2D eigenvalue weighted by atomic mass is 9.45. The molecule has 5 atom stereocenters. The zero-order chi connectivity index (χ0) is 14.4. The van der Waals surface area contributed by atoms with Crippen LogP contribution >= 0.6 is 0 Å². The third-order valence-corrected chi connectivity index (χ3v) is 7.05. The van der Waals surface area contributed by atoms with E-state index < -0.39 is 5.79 Å². The fourth-order valence-corrected chi connectivity index (χ4v) is 5.74. The summed E-state index contributed by atoms with van der Waals surface area (Å²) in [5.41, 5.74) is -0.106. The zero-order valence-electron chi connectivity index (χ0n) is 13.1. The van der Waals surface area contributed by atoms with Crippen LogP contribution in [-0.2, 0) is 14.3 Å². The van der Waals surface area contributed by atoms with Crippen molar-refractivity contribution in [3.63, 3.8) is 0 Å². The molecule has 2 spiro atoms. The summed E-state index contributed by atoms with van der Waals surface area (Å²) in [5, 5.41) is 0. The highest BCUT2D eigenvalue weighted by molar-refractivity contribution is 5.78. The first-order chi connectivity index (χ1) is 9.26. The Balaban J connectivity index is 1.79. The van der Waals surface area contributed by atoms with Crippen molar-refractivity contribution in [3.05, 3.63) is 0 Å². The van der Waals surface area contributed by atoms with Crippen molar-refractivity contribution in [1.82, 2.24) is 0 Å². The number of hydrogen-bond donors (Lipinski definition) is 0. The molecule has 3 nitrogen and oxygen atoms in total. The Kier molecular flexibility index (Phi) is 2.25. The van der Waals surface area contributed by atoms with Crippen LogP contribution < -0.4 is 0 Å². The minimum atomic E-state index is -0.786. The molecular formula is C17H26O3. The van der Waals surface area contributed by atoms with E-state index in [2.05, 4.69) is 20.8 Å². The van der Waals surface area contributed by atoms with E-state index in [1.165, 1.54) is 32.1 Å². The van der Waals surface area contributed by atoms with Crippen LogP contribution in [0.1, 0.15) is 66.2 Å². The SMILES string of the molecule is CC(C)(C)[C@]1(C)OC(=O)[C@H]2[C@H]3CCC[C@]34CCC[C@]24O1. The normalized spacial score (nSPS) is 53.7. The molecule has 4 fully saturated rings. The molecule has 3 saturated carbocycles. The third-order valence-electron chi connectivity index (χ3n) is 7.05. The number of hydrogen-bond acceptors (Lipinski definition) is 3. The molecular weight excluding hydrogens is 252 g/mol. The summed E-state index contributed by atoms with van der Waals surface area (Å²) in [7, 11) is 0. The maximum Gasteiger partial charge on any atom is 0.314 e. The van der Waals surface area contributed by atoms with Gasteiger partial charge < -0.3 is 9.47 Å². The van der Waals surface area contributed by atoms with Crippen molar-refractivity contribution in [2.75, 3.05) is 0 Å². The molecule has 112 valence electrons. The first-order valence-corrected chi connectivity index (χ1v) is 8.19. The summed E-state index contributed by atoms with van der Waals surface area (Å²) in [6.45, 7) is 8.27. The Hall–Kier alpha value is -0.570. The monoisotopic (exact) mass is 278 g/mol. The lowest BCUT2D eigenvalue weighted by molar-refractivity contribution is -0.405. The smallest absolute Gasteiger partial charge is 0.314 e. The summed E-state index contributed by atoms with van der Waals surface area (Å²) in [6, 6.07) is 0. The second-order valence-corrected chi connectivity index (χ2v) is 8.59. The van der Waals surface area contributed by atoms with Gasteiger partial charge in [0.25, 0.3) is 0 Å². The first-order valence-electron chi connectivity index (χ1n) is 8.19. The van der Waals surface area contributed by atoms with Crippen molar-refractivity contribution < 1.29 is 14.3 Å². The molecule has 0 bridgehead atoms. The van der Waals surface area contributed by atoms with Gasteiger partial charge in [-0.3, -0.25) is 4.79 Å². The average molecular weight is 278 g/mol. The number of esters is 1. The van der Waals surface area contributed by atoms with Crippen LogP contribution in [0.4, 0.5) is 0 Å². The maximum atomic E-state index is 12.7. The standard InChI is InChI=1S/C17H26O3/c1-14(2,3)15(4)19-13(18)12-11-7-5-8-16(11)9-6-10-17(12,16)20-15/h11-12H,5-10H2,1-4H3/t11-,12-,15-,16+,17+/m1/s1. The number of ether oxygens (including phenoxy) is 2. The predicted octanol–water partition coefficient (Wildman–Crippen LogP) is 3.66. The van der Waals surface area contributed by atoms with E-state index in [1.54, 1.807) is 0 Å². The summed E-state index contributed by atoms with van der Waals surface area (Å²) in [6.07, 6.45) is 7.21. The minimum Gasteiger partial charge on any atom is -0.432 e. The van der Waals surface area contributed by atoms with Crippen molar-refractivity contribution in [1.29, 1.82) is 0 Å². The van der Waals surface area contributed by atoms with E-state index in [0.29, 0.717) is 11.3 Å². The number of cyclic esters (lactones) is 1. The summed E-state index contributed by atoms with van der Waals surface area (Å²) < 4.78 is 12.5. The van der Waals surface area contributed by atoms with E-state index in [-0.39, 0.29) is 22.9 Å². The molecule has 0 unspecified atom stereocenters. The predicted molar refractivity (Wildman–Crippen MR) is 74.9 cm³/mol. The second kappa shape index (κ2) is 3.43. The van der Waals surface area contributed by atoms with Crippen LogP contribution in [0.3, 0.4) is 0 Å². The fraction of sp³-hybridized carbons (Fsp3) is 0.941. The van der Waals surface area contributed by atoms with Gasteiger partial charge >= 0.3 is 5.97 Å². The van der Waals surface area contributed by atoms with Gasteiger partial charge in [0.1, 0.15) is 0 Å². The van der Waals surface area contributed by atoms with Crippen molar-refractivity contribution in [3.8, 4) is 0 Å². The van der Waals surface area contributed by atoms with Gasteiger partial charge in [-0.2, -0.15) is 0 Å². The molecule has 0 amide bonds. The van der Waals surface area contributed by atoms with Gasteiger partial charge in [-0.15, -0.1) is 0 Å². The van der Waals surface area contributed by atoms with Crippen LogP contribution in [0, 0.1) is 22.7 Å². The Morgan fingerprint density at radius 1 is 1.15 bits per heavy atom. The maximum absolute atomic E-state index is 12.7. The highest BCUT2D eigenvalue weighted by atomic mass is 16.7. The first kappa shape index (κ1) is 13.1. The molecule has 20 heavy (non-hydrogen) atoms. The molecule has 0 N–H and O–H groups in total. The summed E-state index contributed by atoms with van der Waals surface area (Å²) in [5.74, 6) is -0.228. The van der Waals surface area contributed by atoms with E-state index in [4.69, 9.17) is 9.47 Å².